The summed E-state index contributed by atoms with van der Waals surface area (Å²) in [6.45, 7) is 3.74. The molecule has 5 nitrogen and oxygen atoms in total. The van der Waals surface area contributed by atoms with Crippen LogP contribution in [0.2, 0.25) is 0 Å². The second kappa shape index (κ2) is 9.47. The van der Waals surface area contributed by atoms with Gasteiger partial charge in [-0.25, -0.2) is 4.39 Å². The molecule has 29 heavy (non-hydrogen) atoms. The maximum absolute atomic E-state index is 13.4. The van der Waals surface area contributed by atoms with Gasteiger partial charge in [0.1, 0.15) is 11.5 Å². The Morgan fingerprint density at radius 3 is 2.31 bits per heavy atom. The zero-order valence-corrected chi connectivity index (χ0v) is 16.7. The molecule has 3 rings (SSSR count). The van der Waals surface area contributed by atoms with Gasteiger partial charge in [0.15, 0.2) is 0 Å². The first-order chi connectivity index (χ1) is 14.1. The highest BCUT2D eigenvalue weighted by Gasteiger charge is 2.40. The molecule has 0 N–H and O–H groups in total. The number of likely N-dealkylation sites (N-methyl/N-ethyl adjacent to an activating group) is 1. The van der Waals surface area contributed by atoms with Gasteiger partial charge in [0, 0.05) is 33.4 Å². The number of imide groups is 1. The summed E-state index contributed by atoms with van der Waals surface area (Å²) in [5.74, 6) is -1.05. The van der Waals surface area contributed by atoms with E-state index in [9.17, 15) is 14.0 Å². The Bertz CT molecular complexity index is 894. The summed E-state index contributed by atoms with van der Waals surface area (Å²) in [7, 11) is 1.58. The molecule has 6 heteroatoms. The van der Waals surface area contributed by atoms with Gasteiger partial charge in [-0.2, -0.15) is 0 Å². The molecule has 0 saturated heterocycles. The van der Waals surface area contributed by atoms with E-state index in [1.54, 1.807) is 19.2 Å². The molecule has 0 saturated carbocycles. The van der Waals surface area contributed by atoms with Crippen molar-refractivity contribution in [2.45, 2.75) is 19.9 Å². The largest absolute Gasteiger partial charge is 0.385 e. The molecule has 0 spiro atoms. The quantitative estimate of drug-likeness (QED) is 0.481. The Hall–Kier alpha value is -2.99. The Balaban J connectivity index is 2.01. The van der Waals surface area contributed by atoms with Crippen molar-refractivity contribution in [2.24, 2.45) is 0 Å². The fourth-order valence-corrected chi connectivity index (χ4v) is 3.46. The number of carbonyl (C=O) groups excluding carboxylic acids is 2. The van der Waals surface area contributed by atoms with Gasteiger partial charge >= 0.3 is 0 Å². The molecule has 0 radical (unpaired) electrons. The Morgan fingerprint density at radius 1 is 1.00 bits per heavy atom. The molecule has 1 aliphatic heterocycles. The minimum atomic E-state index is -0.388. The van der Waals surface area contributed by atoms with Crippen molar-refractivity contribution in [1.29, 1.82) is 0 Å². The van der Waals surface area contributed by atoms with Gasteiger partial charge in [-0.05, 0) is 36.6 Å². The highest BCUT2D eigenvalue weighted by Crippen LogP contribution is 2.32. The molecule has 1 aliphatic rings. The van der Waals surface area contributed by atoms with Gasteiger partial charge in [0.05, 0.1) is 5.57 Å². The van der Waals surface area contributed by atoms with Crippen LogP contribution in [0.1, 0.15) is 24.5 Å². The molecular weight excluding hydrogens is 371 g/mol. The van der Waals surface area contributed by atoms with Crippen LogP contribution < -0.4 is 0 Å². The highest BCUT2D eigenvalue weighted by atomic mass is 19.1. The van der Waals surface area contributed by atoms with E-state index >= 15 is 0 Å². The molecule has 0 bridgehead atoms. The number of ether oxygens (including phenoxy) is 1. The van der Waals surface area contributed by atoms with E-state index in [2.05, 4.69) is 0 Å². The first-order valence-electron chi connectivity index (χ1n) is 9.71. The number of nitrogens with zero attached hydrogens (tertiary/aromatic N) is 2. The van der Waals surface area contributed by atoms with E-state index in [0.29, 0.717) is 43.0 Å². The lowest BCUT2D eigenvalue weighted by Crippen LogP contribution is -2.36. The van der Waals surface area contributed by atoms with E-state index in [0.717, 1.165) is 5.56 Å². The minimum Gasteiger partial charge on any atom is -0.385 e. The molecule has 2 amide bonds. The fraction of sp³-hybridized carbons (Fsp3) is 0.304. The molecule has 0 fully saturated rings. The van der Waals surface area contributed by atoms with Crippen LogP contribution in [-0.2, 0) is 20.9 Å². The van der Waals surface area contributed by atoms with Crippen LogP contribution in [0.25, 0.3) is 5.57 Å². The van der Waals surface area contributed by atoms with Crippen molar-refractivity contribution < 1.29 is 18.7 Å². The SMILES string of the molecule is CCN(Cc1ccccc1)C1=C(c2ccc(F)cc2)C(=O)N(CCCOC)C1=O. The van der Waals surface area contributed by atoms with Crippen molar-refractivity contribution >= 4 is 17.4 Å². The standard InChI is InChI=1S/C23H25FN2O3/c1-3-25(16-17-8-5-4-6-9-17)21-20(18-10-12-19(24)13-11-18)22(27)26(23(21)28)14-7-15-29-2/h4-6,8-13H,3,7,14-16H2,1-2H3. The lowest BCUT2D eigenvalue weighted by atomic mass is 10.0. The summed E-state index contributed by atoms with van der Waals surface area (Å²) >= 11 is 0. The average molecular weight is 396 g/mol. The van der Waals surface area contributed by atoms with Crippen LogP contribution >= 0.6 is 0 Å². The third-order valence-corrected chi connectivity index (χ3v) is 4.92. The van der Waals surface area contributed by atoms with Crippen LogP contribution in [0, 0.1) is 5.82 Å². The molecular formula is C23H25FN2O3. The number of hydrogen-bond donors (Lipinski definition) is 0. The highest BCUT2D eigenvalue weighted by molar-refractivity contribution is 6.35. The number of halogens is 1. The van der Waals surface area contributed by atoms with Crippen LogP contribution in [0.4, 0.5) is 4.39 Å². The van der Waals surface area contributed by atoms with Crippen molar-refractivity contribution in [3.63, 3.8) is 0 Å². The van der Waals surface area contributed by atoms with E-state index in [-0.39, 0.29) is 24.2 Å². The Kier molecular flexibility index (Phi) is 6.77. The van der Waals surface area contributed by atoms with Gasteiger partial charge in [-0.1, -0.05) is 42.5 Å². The lowest BCUT2D eigenvalue weighted by Gasteiger charge is -2.25. The summed E-state index contributed by atoms with van der Waals surface area (Å²) in [5, 5.41) is 0. The van der Waals surface area contributed by atoms with Crippen LogP contribution in [-0.4, -0.2) is 48.4 Å². The summed E-state index contributed by atoms with van der Waals surface area (Å²) in [5.41, 5.74) is 2.27. The number of amides is 2. The predicted molar refractivity (Wildman–Crippen MR) is 109 cm³/mol. The number of benzene rings is 2. The van der Waals surface area contributed by atoms with Crippen LogP contribution in [0.5, 0.6) is 0 Å². The minimum absolute atomic E-state index is 0.280. The van der Waals surface area contributed by atoms with E-state index in [1.807, 2.05) is 42.2 Å². The zero-order valence-electron chi connectivity index (χ0n) is 16.7. The molecule has 0 unspecified atom stereocenters. The Morgan fingerprint density at radius 2 is 1.69 bits per heavy atom. The van der Waals surface area contributed by atoms with Gasteiger partial charge in [0.25, 0.3) is 11.8 Å². The first-order valence-corrected chi connectivity index (χ1v) is 9.71. The van der Waals surface area contributed by atoms with Gasteiger partial charge < -0.3 is 9.64 Å². The molecule has 1 heterocycles. The van der Waals surface area contributed by atoms with Crippen molar-refractivity contribution in [1.82, 2.24) is 9.80 Å². The van der Waals surface area contributed by atoms with Crippen molar-refractivity contribution in [3.8, 4) is 0 Å². The molecule has 152 valence electrons. The molecule has 2 aromatic rings. The number of methoxy groups -OCH3 is 1. The predicted octanol–water partition coefficient (Wildman–Crippen LogP) is 3.46. The summed E-state index contributed by atoms with van der Waals surface area (Å²) in [6, 6.07) is 15.5. The van der Waals surface area contributed by atoms with Crippen molar-refractivity contribution in [2.75, 3.05) is 26.8 Å². The molecule has 0 aliphatic carbocycles. The number of hydrogen-bond acceptors (Lipinski definition) is 4. The second-order valence-corrected chi connectivity index (χ2v) is 6.84. The number of rotatable bonds is 9. The van der Waals surface area contributed by atoms with Crippen LogP contribution in [0.15, 0.2) is 60.3 Å². The van der Waals surface area contributed by atoms with Gasteiger partial charge in [0.2, 0.25) is 0 Å². The monoisotopic (exact) mass is 396 g/mol. The third kappa shape index (κ3) is 4.54. The summed E-state index contributed by atoms with van der Waals surface area (Å²) < 4.78 is 18.5. The molecule has 0 aromatic heterocycles. The summed E-state index contributed by atoms with van der Waals surface area (Å²) in [6.07, 6.45) is 0.558. The van der Waals surface area contributed by atoms with E-state index < -0.39 is 0 Å². The summed E-state index contributed by atoms with van der Waals surface area (Å²) in [4.78, 5) is 29.6. The fourth-order valence-electron chi connectivity index (χ4n) is 3.46. The Labute approximate surface area is 170 Å². The molecule has 0 atom stereocenters. The van der Waals surface area contributed by atoms with Gasteiger partial charge in [-0.3, -0.25) is 14.5 Å². The lowest BCUT2D eigenvalue weighted by molar-refractivity contribution is -0.137. The number of carbonyl (C=O) groups is 2. The van der Waals surface area contributed by atoms with Crippen LogP contribution in [0.3, 0.4) is 0 Å². The average Bonchev–Trinajstić information content (AvgIpc) is 2.98. The smallest absolute Gasteiger partial charge is 0.277 e. The maximum atomic E-state index is 13.4. The van der Waals surface area contributed by atoms with E-state index in [1.165, 1.54) is 17.0 Å². The first kappa shape index (κ1) is 20.7. The second-order valence-electron chi connectivity index (χ2n) is 6.84. The van der Waals surface area contributed by atoms with Crippen molar-refractivity contribution in [3.05, 3.63) is 77.2 Å². The van der Waals surface area contributed by atoms with E-state index in [4.69, 9.17) is 4.74 Å². The topological polar surface area (TPSA) is 49.9 Å². The van der Waals surface area contributed by atoms with Gasteiger partial charge in [-0.15, -0.1) is 0 Å². The maximum Gasteiger partial charge on any atom is 0.277 e. The molecule has 2 aromatic carbocycles. The zero-order chi connectivity index (χ0) is 20.8. The normalized spacial score (nSPS) is 14.1. The third-order valence-electron chi connectivity index (χ3n) is 4.92.